The largest absolute Gasteiger partial charge is 0.349 e. The van der Waals surface area contributed by atoms with E-state index in [-0.39, 0.29) is 17.9 Å². The average Bonchev–Trinajstić information content (AvgIpc) is 3.29. The number of benzene rings is 2. The molecule has 4 rings (SSSR count). The van der Waals surface area contributed by atoms with Crippen molar-refractivity contribution in [1.82, 2.24) is 14.8 Å². The summed E-state index contributed by atoms with van der Waals surface area (Å²) in [6.45, 7) is 3.27. The zero-order valence-electron chi connectivity index (χ0n) is 16.5. The highest BCUT2D eigenvalue weighted by molar-refractivity contribution is 5.96. The first kappa shape index (κ1) is 19.0. The Morgan fingerprint density at radius 1 is 0.897 bits per heavy atom. The van der Waals surface area contributed by atoms with E-state index >= 15 is 0 Å². The number of hydrogen-bond donors (Lipinski definition) is 1. The zero-order valence-corrected chi connectivity index (χ0v) is 16.5. The van der Waals surface area contributed by atoms with Gasteiger partial charge in [-0.2, -0.15) is 0 Å². The fourth-order valence-corrected chi connectivity index (χ4v) is 3.77. The van der Waals surface area contributed by atoms with Crippen LogP contribution in [0, 0.1) is 6.92 Å². The first-order chi connectivity index (χ1) is 14.1. The van der Waals surface area contributed by atoms with Crippen LogP contribution in [-0.4, -0.2) is 40.4 Å². The molecule has 1 fully saturated rings. The summed E-state index contributed by atoms with van der Waals surface area (Å²) in [6.07, 6.45) is 5.48. The normalized spacial score (nSPS) is 14.6. The summed E-state index contributed by atoms with van der Waals surface area (Å²) in [6, 6.07) is 19.3. The van der Waals surface area contributed by atoms with E-state index in [0.29, 0.717) is 18.7 Å². The fraction of sp³-hybridized carbons (Fsp3) is 0.250. The number of amides is 2. The lowest BCUT2D eigenvalue weighted by atomic mass is 10.0. The van der Waals surface area contributed by atoms with Crippen LogP contribution >= 0.6 is 0 Å². The number of nitrogens with zero attached hydrogens (tertiary/aromatic N) is 2. The maximum atomic E-state index is 12.7. The third-order valence-electron chi connectivity index (χ3n) is 5.52. The smallest absolute Gasteiger partial charge is 0.254 e. The van der Waals surface area contributed by atoms with Crippen molar-refractivity contribution in [1.29, 1.82) is 0 Å². The Hall–Kier alpha value is -3.34. The van der Waals surface area contributed by atoms with Gasteiger partial charge < -0.3 is 14.8 Å². The number of rotatable bonds is 4. The van der Waals surface area contributed by atoms with Crippen molar-refractivity contribution in [3.63, 3.8) is 0 Å². The molecule has 0 spiro atoms. The van der Waals surface area contributed by atoms with Crippen LogP contribution < -0.4 is 5.32 Å². The van der Waals surface area contributed by atoms with E-state index in [1.807, 2.05) is 89.4 Å². The van der Waals surface area contributed by atoms with Gasteiger partial charge in [0.1, 0.15) is 0 Å². The number of hydrogen-bond acceptors (Lipinski definition) is 2. The van der Waals surface area contributed by atoms with Crippen LogP contribution in [0.1, 0.15) is 39.1 Å². The minimum absolute atomic E-state index is 0.0623. The number of nitrogens with one attached hydrogen (secondary N) is 1. The van der Waals surface area contributed by atoms with Gasteiger partial charge in [0, 0.05) is 48.3 Å². The Kier molecular flexibility index (Phi) is 5.47. The Morgan fingerprint density at radius 3 is 2.21 bits per heavy atom. The number of aromatic nitrogens is 1. The standard InChI is InChI=1S/C24H25N3O2/c1-18-6-2-3-7-22(18)24(29)27-16-12-20(13-17-27)25-23(28)19-8-10-21(11-9-19)26-14-4-5-15-26/h2-11,14-15,20H,12-13,16-17H2,1H3,(H,25,28). The average molecular weight is 387 g/mol. The number of piperidine rings is 1. The number of aryl methyl sites for hydroxylation is 1. The highest BCUT2D eigenvalue weighted by Gasteiger charge is 2.25. The van der Waals surface area contributed by atoms with Crippen LogP contribution in [0.5, 0.6) is 0 Å². The molecule has 1 N–H and O–H groups in total. The maximum Gasteiger partial charge on any atom is 0.254 e. The predicted octanol–water partition coefficient (Wildman–Crippen LogP) is 3.82. The van der Waals surface area contributed by atoms with Crippen molar-refractivity contribution in [2.24, 2.45) is 0 Å². The Labute approximate surface area is 171 Å². The Bertz CT molecular complexity index is 985. The van der Waals surface area contributed by atoms with Gasteiger partial charge in [0.25, 0.3) is 11.8 Å². The topological polar surface area (TPSA) is 54.3 Å². The lowest BCUT2D eigenvalue weighted by molar-refractivity contribution is 0.0697. The highest BCUT2D eigenvalue weighted by Crippen LogP contribution is 2.17. The molecule has 1 aliphatic heterocycles. The lowest BCUT2D eigenvalue weighted by Crippen LogP contribution is -2.46. The van der Waals surface area contributed by atoms with Crippen LogP contribution in [0.25, 0.3) is 5.69 Å². The van der Waals surface area contributed by atoms with Gasteiger partial charge in [-0.25, -0.2) is 0 Å². The minimum atomic E-state index is -0.0623. The molecule has 5 nitrogen and oxygen atoms in total. The molecule has 0 unspecified atom stereocenters. The van der Waals surface area contributed by atoms with Gasteiger partial charge in [-0.1, -0.05) is 18.2 Å². The summed E-state index contributed by atoms with van der Waals surface area (Å²) in [5, 5.41) is 3.12. The molecule has 1 aromatic heterocycles. The monoisotopic (exact) mass is 387 g/mol. The summed E-state index contributed by atoms with van der Waals surface area (Å²) < 4.78 is 2.00. The van der Waals surface area contributed by atoms with Crippen LogP contribution in [-0.2, 0) is 0 Å². The summed E-state index contributed by atoms with van der Waals surface area (Å²) >= 11 is 0. The molecule has 0 aliphatic carbocycles. The molecule has 0 radical (unpaired) electrons. The molecule has 2 amide bonds. The van der Waals surface area contributed by atoms with Gasteiger partial charge >= 0.3 is 0 Å². The van der Waals surface area contributed by atoms with E-state index in [0.717, 1.165) is 29.7 Å². The van der Waals surface area contributed by atoms with E-state index in [1.165, 1.54) is 0 Å². The summed E-state index contributed by atoms with van der Waals surface area (Å²) in [4.78, 5) is 27.2. The van der Waals surface area contributed by atoms with Crippen molar-refractivity contribution in [2.45, 2.75) is 25.8 Å². The fourth-order valence-electron chi connectivity index (χ4n) is 3.77. The van der Waals surface area contributed by atoms with Gasteiger partial charge in [-0.3, -0.25) is 9.59 Å². The van der Waals surface area contributed by atoms with Crippen LogP contribution in [0.4, 0.5) is 0 Å². The van der Waals surface area contributed by atoms with Crippen molar-refractivity contribution in [3.8, 4) is 5.69 Å². The minimum Gasteiger partial charge on any atom is -0.349 e. The van der Waals surface area contributed by atoms with Crippen LogP contribution in [0.3, 0.4) is 0 Å². The van der Waals surface area contributed by atoms with E-state index in [9.17, 15) is 9.59 Å². The Morgan fingerprint density at radius 2 is 1.55 bits per heavy atom. The number of likely N-dealkylation sites (tertiary alicyclic amines) is 1. The van der Waals surface area contributed by atoms with Gasteiger partial charge in [-0.05, 0) is 67.8 Å². The SMILES string of the molecule is Cc1ccccc1C(=O)N1CCC(NC(=O)c2ccc(-n3cccc3)cc2)CC1. The van der Waals surface area contributed by atoms with Crippen molar-refractivity contribution >= 4 is 11.8 Å². The summed E-state index contributed by atoms with van der Waals surface area (Å²) in [7, 11) is 0. The van der Waals surface area contributed by atoms with Gasteiger partial charge in [0.05, 0.1) is 0 Å². The molecule has 29 heavy (non-hydrogen) atoms. The second-order valence-corrected chi connectivity index (χ2v) is 7.49. The second-order valence-electron chi connectivity index (χ2n) is 7.49. The number of carbonyl (C=O) groups is 2. The third-order valence-corrected chi connectivity index (χ3v) is 5.52. The van der Waals surface area contributed by atoms with Crippen LogP contribution in [0.15, 0.2) is 73.1 Å². The van der Waals surface area contributed by atoms with Gasteiger partial charge in [-0.15, -0.1) is 0 Å². The first-order valence-corrected chi connectivity index (χ1v) is 10.0. The van der Waals surface area contributed by atoms with Crippen LogP contribution in [0.2, 0.25) is 0 Å². The second kappa shape index (κ2) is 8.35. The van der Waals surface area contributed by atoms with E-state index < -0.39 is 0 Å². The number of carbonyl (C=O) groups excluding carboxylic acids is 2. The van der Waals surface area contributed by atoms with Crippen molar-refractivity contribution in [3.05, 3.63) is 89.7 Å². The molecular weight excluding hydrogens is 362 g/mol. The van der Waals surface area contributed by atoms with E-state index in [1.54, 1.807) is 0 Å². The maximum absolute atomic E-state index is 12.7. The quantitative estimate of drug-likeness (QED) is 0.740. The summed E-state index contributed by atoms with van der Waals surface area (Å²) in [5.74, 6) is 0.0150. The molecule has 2 heterocycles. The highest BCUT2D eigenvalue weighted by atomic mass is 16.2. The zero-order chi connectivity index (χ0) is 20.2. The van der Waals surface area contributed by atoms with Gasteiger partial charge in [0.2, 0.25) is 0 Å². The molecule has 1 aliphatic rings. The third kappa shape index (κ3) is 4.24. The predicted molar refractivity (Wildman–Crippen MR) is 113 cm³/mol. The molecule has 0 atom stereocenters. The first-order valence-electron chi connectivity index (χ1n) is 10.0. The van der Waals surface area contributed by atoms with E-state index in [4.69, 9.17) is 0 Å². The van der Waals surface area contributed by atoms with Gasteiger partial charge in [0.15, 0.2) is 0 Å². The van der Waals surface area contributed by atoms with Crippen molar-refractivity contribution < 1.29 is 9.59 Å². The molecular formula is C24H25N3O2. The Balaban J connectivity index is 1.32. The molecule has 0 saturated carbocycles. The van der Waals surface area contributed by atoms with E-state index in [2.05, 4.69) is 5.32 Å². The molecule has 3 aromatic rings. The molecule has 1 saturated heterocycles. The summed E-state index contributed by atoms with van der Waals surface area (Å²) in [5.41, 5.74) is 3.43. The lowest BCUT2D eigenvalue weighted by Gasteiger charge is -2.32. The van der Waals surface area contributed by atoms with Crippen molar-refractivity contribution in [2.75, 3.05) is 13.1 Å². The molecule has 148 valence electrons. The molecule has 0 bridgehead atoms. The molecule has 2 aromatic carbocycles. The molecule has 5 heteroatoms.